The molecule has 24 heavy (non-hydrogen) atoms. The van der Waals surface area contributed by atoms with Gasteiger partial charge in [-0.2, -0.15) is 0 Å². The third kappa shape index (κ3) is 5.68. The van der Waals surface area contributed by atoms with Gasteiger partial charge in [0.2, 0.25) is 0 Å². The molecule has 2 rings (SSSR count). The molecule has 2 aromatic rings. The molecule has 0 saturated carbocycles. The van der Waals surface area contributed by atoms with E-state index in [0.29, 0.717) is 10.5 Å². The number of esters is 1. The average molecular weight is 342 g/mol. The molecular formula is C19H18O4S. The highest BCUT2D eigenvalue weighted by molar-refractivity contribution is 7.90. The lowest BCUT2D eigenvalue weighted by atomic mass is 10.1. The summed E-state index contributed by atoms with van der Waals surface area (Å²) < 4.78 is 16.7. The van der Waals surface area contributed by atoms with Crippen LogP contribution < -0.4 is 0 Å². The number of rotatable bonds is 7. The van der Waals surface area contributed by atoms with E-state index < -0.39 is 17.1 Å². The zero-order valence-electron chi connectivity index (χ0n) is 13.3. The third-order valence-electron chi connectivity index (χ3n) is 3.24. The summed E-state index contributed by atoms with van der Waals surface area (Å²) in [6, 6.07) is 16.4. The van der Waals surface area contributed by atoms with Gasteiger partial charge in [-0.3, -0.25) is 9.59 Å². The number of ketones is 1. The molecule has 0 N–H and O–H groups in total. The highest BCUT2D eigenvalue weighted by Crippen LogP contribution is 2.16. The molecule has 0 heterocycles. The standard InChI is InChI=1S/C19H18O4S/c1-24(22)18-10-6-5-9-16(18)11-12-17(20)13-19(21)23-14-15-7-3-2-4-8-15/h2-12H,13-14H2,1H3. The zero-order chi connectivity index (χ0) is 17.4. The molecule has 0 saturated heterocycles. The molecule has 0 bridgehead atoms. The Kier molecular flexibility index (Phi) is 6.78. The van der Waals surface area contributed by atoms with E-state index in [4.69, 9.17) is 4.74 Å². The maximum absolute atomic E-state index is 11.9. The normalized spacial score (nSPS) is 12.1. The largest absolute Gasteiger partial charge is 0.612 e. The molecule has 124 valence electrons. The maximum Gasteiger partial charge on any atom is 0.314 e. The number of ether oxygens (including phenoxy) is 1. The van der Waals surface area contributed by atoms with Gasteiger partial charge in [0.05, 0.1) is 0 Å². The van der Waals surface area contributed by atoms with Gasteiger partial charge in [-0.15, -0.1) is 0 Å². The van der Waals surface area contributed by atoms with Crippen LogP contribution in [0, 0.1) is 0 Å². The fourth-order valence-electron chi connectivity index (χ4n) is 2.05. The van der Waals surface area contributed by atoms with Gasteiger partial charge in [-0.05, 0) is 41.0 Å². The van der Waals surface area contributed by atoms with Gasteiger partial charge in [0.25, 0.3) is 0 Å². The summed E-state index contributed by atoms with van der Waals surface area (Å²) in [7, 11) is 0. The summed E-state index contributed by atoms with van der Waals surface area (Å²) in [6.07, 6.45) is 4.15. The zero-order valence-corrected chi connectivity index (χ0v) is 14.1. The fourth-order valence-corrected chi connectivity index (χ4v) is 2.79. The first kappa shape index (κ1) is 18.0. The second-order valence-corrected chi connectivity index (χ2v) is 6.46. The quantitative estimate of drug-likeness (QED) is 0.335. The Labute approximate surface area is 144 Å². The van der Waals surface area contributed by atoms with E-state index >= 15 is 0 Å². The van der Waals surface area contributed by atoms with Crippen LogP contribution in [0.2, 0.25) is 0 Å². The Hall–Kier alpha value is -2.37. The van der Waals surface area contributed by atoms with E-state index in [1.807, 2.05) is 30.3 Å². The Morgan fingerprint density at radius 1 is 1.08 bits per heavy atom. The first-order chi connectivity index (χ1) is 11.6. The summed E-state index contributed by atoms with van der Waals surface area (Å²) >= 11 is -1.14. The Morgan fingerprint density at radius 3 is 2.46 bits per heavy atom. The first-order valence-electron chi connectivity index (χ1n) is 7.39. The van der Waals surface area contributed by atoms with Crippen molar-refractivity contribution in [3.63, 3.8) is 0 Å². The first-order valence-corrected chi connectivity index (χ1v) is 8.95. The lowest BCUT2D eigenvalue weighted by molar-refractivity contribution is -0.146. The highest BCUT2D eigenvalue weighted by Gasteiger charge is 2.11. The van der Waals surface area contributed by atoms with Crippen molar-refractivity contribution in [2.24, 2.45) is 0 Å². The lowest BCUT2D eigenvalue weighted by Crippen LogP contribution is -2.09. The van der Waals surface area contributed by atoms with Gasteiger partial charge in [-0.25, -0.2) is 0 Å². The van der Waals surface area contributed by atoms with E-state index in [-0.39, 0.29) is 18.8 Å². The molecule has 1 unspecified atom stereocenters. The van der Waals surface area contributed by atoms with Gasteiger partial charge in [0.1, 0.15) is 19.3 Å². The van der Waals surface area contributed by atoms with Crippen LogP contribution in [0.5, 0.6) is 0 Å². The number of hydrogen-bond donors (Lipinski definition) is 0. The number of carbonyl (C=O) groups is 2. The highest BCUT2D eigenvalue weighted by atomic mass is 32.2. The van der Waals surface area contributed by atoms with Gasteiger partial charge in [-0.1, -0.05) is 42.5 Å². The van der Waals surface area contributed by atoms with E-state index in [1.54, 1.807) is 36.6 Å². The predicted octanol–water partition coefficient (Wildman–Crippen LogP) is 3.14. The average Bonchev–Trinajstić information content (AvgIpc) is 2.59. The van der Waals surface area contributed by atoms with Crippen molar-refractivity contribution >= 4 is 29.0 Å². The molecule has 0 spiro atoms. The summed E-state index contributed by atoms with van der Waals surface area (Å²) in [6.45, 7) is 0.147. The lowest BCUT2D eigenvalue weighted by Gasteiger charge is -2.06. The predicted molar refractivity (Wildman–Crippen MR) is 93.7 cm³/mol. The van der Waals surface area contributed by atoms with Crippen LogP contribution >= 0.6 is 0 Å². The summed E-state index contributed by atoms with van der Waals surface area (Å²) in [5, 5.41) is 0. The van der Waals surface area contributed by atoms with Crippen molar-refractivity contribution in [3.05, 3.63) is 71.8 Å². The van der Waals surface area contributed by atoms with E-state index in [1.165, 1.54) is 6.08 Å². The van der Waals surface area contributed by atoms with Gasteiger partial charge < -0.3 is 9.29 Å². The molecule has 0 aliphatic rings. The van der Waals surface area contributed by atoms with Crippen LogP contribution in [0.25, 0.3) is 6.08 Å². The smallest absolute Gasteiger partial charge is 0.314 e. The van der Waals surface area contributed by atoms with Crippen molar-refractivity contribution in [3.8, 4) is 0 Å². The van der Waals surface area contributed by atoms with Crippen LogP contribution in [0.1, 0.15) is 17.5 Å². The van der Waals surface area contributed by atoms with Crippen LogP contribution in [0.4, 0.5) is 0 Å². The number of allylic oxidation sites excluding steroid dienone is 1. The van der Waals surface area contributed by atoms with Crippen LogP contribution in [0.3, 0.4) is 0 Å². The molecule has 0 aliphatic heterocycles. The number of carbonyl (C=O) groups excluding carboxylic acids is 2. The van der Waals surface area contributed by atoms with Crippen molar-refractivity contribution < 1.29 is 18.9 Å². The molecule has 5 heteroatoms. The van der Waals surface area contributed by atoms with Crippen LogP contribution in [-0.2, 0) is 32.1 Å². The van der Waals surface area contributed by atoms with Crippen LogP contribution in [-0.4, -0.2) is 22.6 Å². The van der Waals surface area contributed by atoms with Crippen LogP contribution in [0.15, 0.2) is 65.6 Å². The van der Waals surface area contributed by atoms with Crippen molar-refractivity contribution in [1.29, 1.82) is 0 Å². The molecule has 0 aromatic heterocycles. The monoisotopic (exact) mass is 342 g/mol. The second kappa shape index (κ2) is 9.05. The molecular weight excluding hydrogens is 324 g/mol. The summed E-state index contributed by atoms with van der Waals surface area (Å²) in [5.74, 6) is -0.925. The Morgan fingerprint density at radius 2 is 1.75 bits per heavy atom. The minimum absolute atomic E-state index is 0.147. The molecule has 0 fully saturated rings. The Balaban J connectivity index is 1.87. The SMILES string of the molecule is C[S+]([O-])c1ccccc1C=CC(=O)CC(=O)OCc1ccccc1. The summed E-state index contributed by atoms with van der Waals surface area (Å²) in [4.78, 5) is 24.2. The van der Waals surface area contributed by atoms with Crippen molar-refractivity contribution in [2.45, 2.75) is 17.9 Å². The minimum atomic E-state index is -1.14. The third-order valence-corrected chi connectivity index (χ3v) is 4.23. The fraction of sp³-hybridized carbons (Fsp3) is 0.158. The molecule has 0 aliphatic carbocycles. The second-order valence-electron chi connectivity index (χ2n) is 5.11. The molecule has 1 atom stereocenters. The van der Waals surface area contributed by atoms with Crippen molar-refractivity contribution in [2.75, 3.05) is 6.26 Å². The van der Waals surface area contributed by atoms with Gasteiger partial charge >= 0.3 is 5.97 Å². The Bertz CT molecular complexity index is 723. The number of benzene rings is 2. The van der Waals surface area contributed by atoms with E-state index in [2.05, 4.69) is 0 Å². The minimum Gasteiger partial charge on any atom is -0.612 e. The molecule has 2 aromatic carbocycles. The molecule has 0 radical (unpaired) electrons. The molecule has 4 nitrogen and oxygen atoms in total. The molecule has 0 amide bonds. The van der Waals surface area contributed by atoms with Gasteiger partial charge in [0, 0.05) is 5.56 Å². The topological polar surface area (TPSA) is 66.4 Å². The van der Waals surface area contributed by atoms with E-state index in [9.17, 15) is 14.1 Å². The number of hydrogen-bond acceptors (Lipinski definition) is 4. The maximum atomic E-state index is 11.9. The van der Waals surface area contributed by atoms with E-state index in [0.717, 1.165) is 5.56 Å². The van der Waals surface area contributed by atoms with Crippen molar-refractivity contribution in [1.82, 2.24) is 0 Å². The van der Waals surface area contributed by atoms with Gasteiger partial charge in [0.15, 0.2) is 10.7 Å². The summed E-state index contributed by atoms with van der Waals surface area (Å²) in [5.41, 5.74) is 1.57.